The topological polar surface area (TPSA) is 43.6 Å². The standard InChI is InChI=1S/C27H21ClN4/c1-18-7-11-20(12-8-18)24-15-22(16-25(29-24)21-13-9-19(2)10-14-21)26-17-32(31-30-26)27-6-4-3-5-23(27)28/h3-17H,1-2H3. The molecular weight excluding hydrogens is 416 g/mol. The van der Waals surface area contributed by atoms with Crippen LogP contribution in [0.5, 0.6) is 0 Å². The lowest BCUT2D eigenvalue weighted by Gasteiger charge is -2.09. The van der Waals surface area contributed by atoms with Crippen LogP contribution in [0.15, 0.2) is 91.1 Å². The van der Waals surface area contributed by atoms with E-state index in [4.69, 9.17) is 16.6 Å². The summed E-state index contributed by atoms with van der Waals surface area (Å²) < 4.78 is 1.70. The maximum atomic E-state index is 6.35. The van der Waals surface area contributed by atoms with Crippen LogP contribution >= 0.6 is 11.6 Å². The van der Waals surface area contributed by atoms with E-state index in [1.54, 1.807) is 4.68 Å². The summed E-state index contributed by atoms with van der Waals surface area (Å²) in [7, 11) is 0. The first kappa shape index (κ1) is 20.2. The highest BCUT2D eigenvalue weighted by Crippen LogP contribution is 2.30. The summed E-state index contributed by atoms with van der Waals surface area (Å²) in [5, 5.41) is 9.37. The number of aromatic nitrogens is 4. The molecule has 0 aliphatic carbocycles. The van der Waals surface area contributed by atoms with Crippen molar-refractivity contribution in [3.63, 3.8) is 0 Å². The number of halogens is 1. The molecule has 0 saturated carbocycles. The van der Waals surface area contributed by atoms with Crippen LogP contribution in [0.25, 0.3) is 39.5 Å². The summed E-state index contributed by atoms with van der Waals surface area (Å²) in [6.07, 6.45) is 1.90. The molecule has 0 fully saturated rings. The molecule has 5 aromatic rings. The Bertz CT molecular complexity index is 1320. The highest BCUT2D eigenvalue weighted by atomic mass is 35.5. The molecule has 0 amide bonds. The van der Waals surface area contributed by atoms with Gasteiger partial charge in [0.1, 0.15) is 5.69 Å². The Balaban J connectivity index is 1.64. The molecule has 0 atom stereocenters. The number of hydrogen-bond acceptors (Lipinski definition) is 3. The van der Waals surface area contributed by atoms with Gasteiger partial charge in [-0.2, -0.15) is 0 Å². The number of aryl methyl sites for hydroxylation is 2. The van der Waals surface area contributed by atoms with Crippen LogP contribution in [0, 0.1) is 13.8 Å². The molecule has 0 aliphatic heterocycles. The number of nitrogens with zero attached hydrogens (tertiary/aromatic N) is 4. The number of rotatable bonds is 4. The molecule has 5 rings (SSSR count). The number of benzene rings is 3. The predicted molar refractivity (Wildman–Crippen MR) is 130 cm³/mol. The van der Waals surface area contributed by atoms with E-state index in [0.717, 1.165) is 39.5 Å². The van der Waals surface area contributed by atoms with Gasteiger partial charge in [0.15, 0.2) is 0 Å². The van der Waals surface area contributed by atoms with Gasteiger partial charge < -0.3 is 0 Å². The zero-order chi connectivity index (χ0) is 22.1. The van der Waals surface area contributed by atoms with E-state index in [1.165, 1.54) is 11.1 Å². The minimum Gasteiger partial charge on any atom is -0.248 e. The van der Waals surface area contributed by atoms with Gasteiger partial charge in [-0.05, 0) is 38.1 Å². The Kier molecular flexibility index (Phi) is 5.29. The van der Waals surface area contributed by atoms with Gasteiger partial charge in [-0.25, -0.2) is 9.67 Å². The maximum absolute atomic E-state index is 6.35. The van der Waals surface area contributed by atoms with Crippen LogP contribution in [-0.4, -0.2) is 20.0 Å². The zero-order valence-electron chi connectivity index (χ0n) is 17.8. The van der Waals surface area contributed by atoms with Crippen molar-refractivity contribution in [3.8, 4) is 39.5 Å². The second kappa shape index (κ2) is 8.40. The summed E-state index contributed by atoms with van der Waals surface area (Å²) in [6.45, 7) is 4.16. The van der Waals surface area contributed by atoms with Gasteiger partial charge in [-0.3, -0.25) is 0 Å². The predicted octanol–water partition coefficient (Wildman–Crippen LogP) is 6.93. The van der Waals surface area contributed by atoms with E-state index in [2.05, 4.69) is 84.8 Å². The van der Waals surface area contributed by atoms with Crippen LogP contribution in [-0.2, 0) is 0 Å². The van der Waals surface area contributed by atoms with Gasteiger partial charge in [0, 0.05) is 16.7 Å². The Morgan fingerprint density at radius 3 is 1.78 bits per heavy atom. The molecule has 3 aromatic carbocycles. The molecule has 0 aliphatic rings. The van der Waals surface area contributed by atoms with Gasteiger partial charge >= 0.3 is 0 Å². The third-order valence-corrected chi connectivity index (χ3v) is 5.73. The van der Waals surface area contributed by atoms with Crippen molar-refractivity contribution in [2.45, 2.75) is 13.8 Å². The van der Waals surface area contributed by atoms with E-state index in [1.807, 2.05) is 30.5 Å². The molecule has 0 radical (unpaired) electrons. The molecule has 5 heteroatoms. The molecule has 2 heterocycles. The molecule has 0 saturated heterocycles. The van der Waals surface area contributed by atoms with Crippen molar-refractivity contribution < 1.29 is 0 Å². The van der Waals surface area contributed by atoms with Crippen molar-refractivity contribution in [1.82, 2.24) is 20.0 Å². The average molecular weight is 437 g/mol. The first-order chi connectivity index (χ1) is 15.6. The van der Waals surface area contributed by atoms with Gasteiger partial charge in [-0.15, -0.1) is 5.10 Å². The average Bonchev–Trinajstić information content (AvgIpc) is 3.30. The fourth-order valence-corrected chi connectivity index (χ4v) is 3.80. The summed E-state index contributed by atoms with van der Waals surface area (Å²) in [5.74, 6) is 0. The first-order valence-corrected chi connectivity index (χ1v) is 10.8. The van der Waals surface area contributed by atoms with Crippen LogP contribution in [0.3, 0.4) is 0 Å². The minimum atomic E-state index is 0.624. The molecule has 32 heavy (non-hydrogen) atoms. The molecule has 0 bridgehead atoms. The molecule has 0 N–H and O–H groups in total. The van der Waals surface area contributed by atoms with E-state index in [-0.39, 0.29) is 0 Å². The van der Waals surface area contributed by atoms with Gasteiger partial charge in [0.25, 0.3) is 0 Å². The summed E-state index contributed by atoms with van der Waals surface area (Å²) in [6, 6.07) is 28.5. The third-order valence-electron chi connectivity index (χ3n) is 5.41. The largest absolute Gasteiger partial charge is 0.248 e. The van der Waals surface area contributed by atoms with Crippen LogP contribution in [0.4, 0.5) is 0 Å². The molecule has 0 unspecified atom stereocenters. The van der Waals surface area contributed by atoms with E-state index in [9.17, 15) is 0 Å². The Labute approximate surface area is 192 Å². The second-order valence-corrected chi connectivity index (χ2v) is 8.27. The lowest BCUT2D eigenvalue weighted by molar-refractivity contribution is 0.804. The summed E-state index contributed by atoms with van der Waals surface area (Å²) >= 11 is 6.35. The SMILES string of the molecule is Cc1ccc(-c2cc(-c3cn(-c4ccccc4Cl)nn3)cc(-c3ccc(C)cc3)n2)cc1. The Morgan fingerprint density at radius 1 is 0.656 bits per heavy atom. The van der Waals surface area contributed by atoms with Crippen LogP contribution in [0.2, 0.25) is 5.02 Å². The van der Waals surface area contributed by atoms with Crippen molar-refractivity contribution in [3.05, 3.63) is 107 Å². The minimum absolute atomic E-state index is 0.624. The fourth-order valence-electron chi connectivity index (χ4n) is 3.57. The molecule has 0 spiro atoms. The van der Waals surface area contributed by atoms with Crippen molar-refractivity contribution >= 4 is 11.6 Å². The van der Waals surface area contributed by atoms with Gasteiger partial charge in [0.2, 0.25) is 0 Å². The van der Waals surface area contributed by atoms with Crippen LogP contribution in [0.1, 0.15) is 11.1 Å². The van der Waals surface area contributed by atoms with E-state index < -0.39 is 0 Å². The summed E-state index contributed by atoms with van der Waals surface area (Å²) in [4.78, 5) is 4.96. The Hall–Kier alpha value is -3.76. The maximum Gasteiger partial charge on any atom is 0.113 e. The van der Waals surface area contributed by atoms with Crippen molar-refractivity contribution in [2.24, 2.45) is 0 Å². The normalized spacial score (nSPS) is 11.0. The zero-order valence-corrected chi connectivity index (χ0v) is 18.6. The monoisotopic (exact) mass is 436 g/mol. The summed E-state index contributed by atoms with van der Waals surface area (Å²) in [5.41, 5.74) is 8.83. The van der Waals surface area contributed by atoms with Crippen molar-refractivity contribution in [1.29, 1.82) is 0 Å². The smallest absolute Gasteiger partial charge is 0.113 e. The number of para-hydroxylation sites is 1. The second-order valence-electron chi connectivity index (χ2n) is 7.86. The lowest BCUT2D eigenvalue weighted by Crippen LogP contribution is -1.95. The Morgan fingerprint density at radius 2 is 1.22 bits per heavy atom. The fraction of sp³-hybridized carbons (Fsp3) is 0.0741. The molecule has 4 nitrogen and oxygen atoms in total. The van der Waals surface area contributed by atoms with Gasteiger partial charge in [0.05, 0.1) is 28.3 Å². The van der Waals surface area contributed by atoms with Crippen molar-refractivity contribution in [2.75, 3.05) is 0 Å². The van der Waals surface area contributed by atoms with Crippen LogP contribution < -0.4 is 0 Å². The highest BCUT2D eigenvalue weighted by Gasteiger charge is 2.13. The molecule has 156 valence electrons. The first-order valence-electron chi connectivity index (χ1n) is 10.4. The molecular formula is C27H21ClN4. The molecule has 2 aromatic heterocycles. The van der Waals surface area contributed by atoms with E-state index >= 15 is 0 Å². The highest BCUT2D eigenvalue weighted by molar-refractivity contribution is 6.32. The van der Waals surface area contributed by atoms with Gasteiger partial charge in [-0.1, -0.05) is 88.6 Å². The quantitative estimate of drug-likeness (QED) is 0.306. The van der Waals surface area contributed by atoms with E-state index in [0.29, 0.717) is 5.02 Å². The number of hydrogen-bond donors (Lipinski definition) is 0. The number of pyridine rings is 1. The lowest BCUT2D eigenvalue weighted by atomic mass is 10.0. The third kappa shape index (κ3) is 4.05.